The molecular formula is C24H38O3. The van der Waals surface area contributed by atoms with Crippen molar-refractivity contribution in [1.29, 1.82) is 0 Å². The monoisotopic (exact) mass is 374 g/mol. The van der Waals surface area contributed by atoms with Crippen molar-refractivity contribution in [3.8, 4) is 0 Å². The van der Waals surface area contributed by atoms with E-state index in [1.807, 2.05) is 6.08 Å². The number of carboxylic acid groups (broad SMARTS) is 1. The predicted octanol–water partition coefficient (Wildman–Crippen LogP) is 5.62. The molecule has 2 fully saturated rings. The van der Waals surface area contributed by atoms with Crippen molar-refractivity contribution < 1.29 is 15.0 Å². The van der Waals surface area contributed by atoms with Crippen molar-refractivity contribution in [2.24, 2.45) is 35.5 Å². The molecule has 152 valence electrons. The Kier molecular flexibility index (Phi) is 8.34. The summed E-state index contributed by atoms with van der Waals surface area (Å²) in [7, 11) is 0. The lowest BCUT2D eigenvalue weighted by Gasteiger charge is -2.52. The van der Waals surface area contributed by atoms with E-state index >= 15 is 0 Å². The number of carboxylic acids is 1. The van der Waals surface area contributed by atoms with Gasteiger partial charge in [-0.1, -0.05) is 63.5 Å². The third-order valence-electron chi connectivity index (χ3n) is 6.91. The molecule has 2 aliphatic rings. The van der Waals surface area contributed by atoms with Crippen LogP contribution in [0, 0.1) is 35.5 Å². The lowest BCUT2D eigenvalue weighted by molar-refractivity contribution is -0.131. The summed E-state index contributed by atoms with van der Waals surface area (Å²) in [6.45, 7) is 9.16. The lowest BCUT2D eigenvalue weighted by Crippen LogP contribution is -2.48. The van der Waals surface area contributed by atoms with Crippen molar-refractivity contribution in [3.63, 3.8) is 0 Å². The molecule has 2 saturated carbocycles. The van der Waals surface area contributed by atoms with Crippen LogP contribution in [-0.2, 0) is 4.79 Å². The summed E-state index contributed by atoms with van der Waals surface area (Å²) in [5.74, 6) is 1.88. The summed E-state index contributed by atoms with van der Waals surface area (Å²) in [5.41, 5.74) is 1.47. The fourth-order valence-electron chi connectivity index (χ4n) is 5.69. The van der Waals surface area contributed by atoms with Gasteiger partial charge in [0.15, 0.2) is 0 Å². The molecule has 2 aliphatic carbocycles. The zero-order valence-corrected chi connectivity index (χ0v) is 17.5. The Bertz CT molecular complexity index is 574. The minimum absolute atomic E-state index is 0.190. The summed E-state index contributed by atoms with van der Waals surface area (Å²) in [6, 6.07) is 0. The van der Waals surface area contributed by atoms with Crippen LogP contribution >= 0.6 is 0 Å². The molecule has 0 heterocycles. The third-order valence-corrected chi connectivity index (χ3v) is 6.91. The highest BCUT2D eigenvalue weighted by atomic mass is 16.4. The van der Waals surface area contributed by atoms with Crippen LogP contribution < -0.4 is 0 Å². The number of hydrogen-bond acceptors (Lipinski definition) is 2. The van der Waals surface area contributed by atoms with E-state index in [2.05, 4.69) is 39.8 Å². The first-order valence-corrected chi connectivity index (χ1v) is 10.8. The predicted molar refractivity (Wildman–Crippen MR) is 111 cm³/mol. The fraction of sp³-hybridized carbons (Fsp3) is 0.708. The van der Waals surface area contributed by atoms with Gasteiger partial charge in [-0.3, -0.25) is 0 Å². The van der Waals surface area contributed by atoms with Gasteiger partial charge in [0.25, 0.3) is 0 Å². The van der Waals surface area contributed by atoms with Gasteiger partial charge in [-0.05, 0) is 68.1 Å². The molecule has 0 bridgehead atoms. The summed E-state index contributed by atoms with van der Waals surface area (Å²) < 4.78 is 0. The number of hydrogen-bond donors (Lipinski definition) is 2. The molecule has 3 nitrogen and oxygen atoms in total. The minimum atomic E-state index is -0.914. The Morgan fingerprint density at radius 3 is 2.56 bits per heavy atom. The quantitative estimate of drug-likeness (QED) is 0.263. The molecule has 0 aromatic heterocycles. The molecule has 0 unspecified atom stereocenters. The third kappa shape index (κ3) is 5.57. The van der Waals surface area contributed by atoms with Gasteiger partial charge < -0.3 is 10.2 Å². The highest BCUT2D eigenvalue weighted by molar-refractivity contribution is 5.80. The van der Waals surface area contributed by atoms with E-state index in [1.54, 1.807) is 6.08 Å². The van der Waals surface area contributed by atoms with Crippen molar-refractivity contribution in [3.05, 3.63) is 36.0 Å². The zero-order valence-electron chi connectivity index (χ0n) is 17.5. The maximum Gasteiger partial charge on any atom is 0.328 e. The maximum absolute atomic E-state index is 10.8. The number of unbranched alkanes of at least 4 members (excludes halogenated alkanes) is 2. The van der Waals surface area contributed by atoms with Gasteiger partial charge >= 0.3 is 5.97 Å². The van der Waals surface area contributed by atoms with Gasteiger partial charge in [0.1, 0.15) is 0 Å². The summed E-state index contributed by atoms with van der Waals surface area (Å²) in [5, 5.41) is 19.5. The summed E-state index contributed by atoms with van der Waals surface area (Å²) in [6.07, 6.45) is 15.8. The Morgan fingerprint density at radius 2 is 1.89 bits per heavy atom. The Hall–Kier alpha value is -1.35. The van der Waals surface area contributed by atoms with Crippen LogP contribution in [0.5, 0.6) is 0 Å². The van der Waals surface area contributed by atoms with Crippen molar-refractivity contribution in [1.82, 2.24) is 0 Å². The molecule has 0 saturated heterocycles. The van der Waals surface area contributed by atoms with Gasteiger partial charge in [0.05, 0.1) is 6.10 Å². The van der Waals surface area contributed by atoms with Crippen LogP contribution in [0.15, 0.2) is 36.0 Å². The van der Waals surface area contributed by atoms with Crippen LogP contribution in [0.3, 0.4) is 0 Å². The first kappa shape index (κ1) is 21.9. The molecule has 0 radical (unpaired) electrons. The van der Waals surface area contributed by atoms with E-state index in [0.29, 0.717) is 35.5 Å². The number of aliphatic hydroxyl groups is 1. The van der Waals surface area contributed by atoms with Gasteiger partial charge in [0.2, 0.25) is 0 Å². The number of rotatable bonds is 7. The average Bonchev–Trinajstić information content (AvgIpc) is 2.61. The first-order valence-electron chi connectivity index (χ1n) is 10.8. The van der Waals surface area contributed by atoms with E-state index in [-0.39, 0.29) is 6.10 Å². The summed E-state index contributed by atoms with van der Waals surface area (Å²) >= 11 is 0. The van der Waals surface area contributed by atoms with E-state index in [0.717, 1.165) is 25.7 Å². The number of fused-ring (bicyclic) bond motifs is 1. The zero-order chi connectivity index (χ0) is 20.0. The van der Waals surface area contributed by atoms with Crippen molar-refractivity contribution in [2.45, 2.75) is 72.3 Å². The van der Waals surface area contributed by atoms with E-state index < -0.39 is 5.97 Å². The fourth-order valence-corrected chi connectivity index (χ4v) is 5.69. The standard InChI is InChI=1S/C24H38O3/c1-5-6-7-10-16(2)23-18(4)15-20-21(25)14-13-17(3)24(20)19(23)11-8-9-12-22(26)27/h8-12,17-21,23-25H,5-7,13-15H2,1-4H3,(H,26,27)/b11-8+,12-9+,16-10-/t17-,18+,19+,20-,21-,23+,24-/m0/s1. The first-order chi connectivity index (χ1) is 12.9. The molecule has 27 heavy (non-hydrogen) atoms. The molecule has 2 rings (SSSR count). The van der Waals surface area contributed by atoms with Gasteiger partial charge in [-0.15, -0.1) is 0 Å². The average molecular weight is 375 g/mol. The van der Waals surface area contributed by atoms with Crippen LogP contribution in [0.2, 0.25) is 0 Å². The Balaban J connectivity index is 2.33. The lowest BCUT2D eigenvalue weighted by atomic mass is 9.53. The van der Waals surface area contributed by atoms with Crippen LogP contribution in [0.1, 0.15) is 66.2 Å². The maximum atomic E-state index is 10.8. The molecule has 0 amide bonds. The SMILES string of the molecule is CCCC/C=C(/C)[C@H]1[C@@H](/C=C/C=C/C(=O)O)[C@H]2[C@@H](C[C@H]1C)[C@@H](O)CC[C@@H]2C. The highest BCUT2D eigenvalue weighted by Crippen LogP contribution is 2.53. The van der Waals surface area contributed by atoms with Crippen LogP contribution in [0.4, 0.5) is 0 Å². The topological polar surface area (TPSA) is 57.5 Å². The largest absolute Gasteiger partial charge is 0.478 e. The van der Waals surface area contributed by atoms with Crippen molar-refractivity contribution >= 4 is 5.97 Å². The molecule has 0 spiro atoms. The van der Waals surface area contributed by atoms with Gasteiger partial charge in [-0.2, -0.15) is 0 Å². The molecule has 0 aromatic rings. The minimum Gasteiger partial charge on any atom is -0.478 e. The summed E-state index contributed by atoms with van der Waals surface area (Å²) in [4.78, 5) is 10.8. The Labute approximate surface area is 165 Å². The van der Waals surface area contributed by atoms with E-state index in [4.69, 9.17) is 5.11 Å². The van der Waals surface area contributed by atoms with E-state index in [9.17, 15) is 9.90 Å². The molecule has 0 aromatic carbocycles. The van der Waals surface area contributed by atoms with Crippen molar-refractivity contribution in [2.75, 3.05) is 0 Å². The second-order valence-corrected chi connectivity index (χ2v) is 8.85. The number of aliphatic carboxylic acids is 1. The normalized spacial score (nSPS) is 37.7. The number of carbonyl (C=O) groups is 1. The second kappa shape index (κ2) is 10.3. The highest BCUT2D eigenvalue weighted by Gasteiger charge is 2.48. The molecule has 2 N–H and O–H groups in total. The van der Waals surface area contributed by atoms with Crippen LogP contribution in [0.25, 0.3) is 0 Å². The van der Waals surface area contributed by atoms with E-state index in [1.165, 1.54) is 24.5 Å². The second-order valence-electron chi connectivity index (χ2n) is 8.85. The van der Waals surface area contributed by atoms with Gasteiger partial charge in [0, 0.05) is 6.08 Å². The van der Waals surface area contributed by atoms with Crippen LogP contribution in [-0.4, -0.2) is 22.3 Å². The molecule has 7 atom stereocenters. The molecule has 3 heteroatoms. The Morgan fingerprint density at radius 1 is 1.15 bits per heavy atom. The van der Waals surface area contributed by atoms with Gasteiger partial charge in [-0.25, -0.2) is 4.79 Å². The number of allylic oxidation sites excluding steroid dienone is 5. The molecule has 0 aliphatic heterocycles. The smallest absolute Gasteiger partial charge is 0.328 e. The number of aliphatic hydroxyl groups excluding tert-OH is 1. The molecular weight excluding hydrogens is 336 g/mol.